The van der Waals surface area contributed by atoms with Crippen molar-refractivity contribution in [2.75, 3.05) is 6.54 Å². The van der Waals surface area contributed by atoms with E-state index in [1.807, 2.05) is 6.92 Å². The summed E-state index contributed by atoms with van der Waals surface area (Å²) in [7, 11) is 0. The van der Waals surface area contributed by atoms with Gasteiger partial charge in [-0.1, -0.05) is 0 Å². The van der Waals surface area contributed by atoms with E-state index < -0.39 is 5.97 Å². The van der Waals surface area contributed by atoms with E-state index >= 15 is 0 Å². The molecule has 0 aromatic heterocycles. The Morgan fingerprint density at radius 2 is 2.20 bits per heavy atom. The van der Waals surface area contributed by atoms with Gasteiger partial charge in [0.1, 0.15) is 0 Å². The van der Waals surface area contributed by atoms with Gasteiger partial charge < -0.3 is 10.0 Å². The quantitative estimate of drug-likeness (QED) is 0.764. The lowest BCUT2D eigenvalue weighted by Gasteiger charge is -2.35. The number of rotatable bonds is 3. The molecule has 4 nitrogen and oxygen atoms in total. The molecule has 1 aliphatic carbocycles. The molecule has 0 aromatic rings. The van der Waals surface area contributed by atoms with Crippen LogP contribution in [0.2, 0.25) is 0 Å². The number of carbonyl (C=O) groups is 2. The summed E-state index contributed by atoms with van der Waals surface area (Å²) in [5.41, 5.74) is 0.316. The maximum Gasteiger partial charge on any atom is 0.305 e. The zero-order chi connectivity index (χ0) is 11.1. The van der Waals surface area contributed by atoms with Crippen LogP contribution in [-0.4, -0.2) is 34.5 Å². The van der Waals surface area contributed by atoms with Crippen molar-refractivity contribution in [3.63, 3.8) is 0 Å². The normalized spacial score (nSPS) is 25.4. The third kappa shape index (κ3) is 2.13. The van der Waals surface area contributed by atoms with Crippen molar-refractivity contribution in [2.45, 2.75) is 45.1 Å². The van der Waals surface area contributed by atoms with Crippen molar-refractivity contribution in [2.24, 2.45) is 5.41 Å². The lowest BCUT2D eigenvalue weighted by atomic mass is 9.92. The summed E-state index contributed by atoms with van der Waals surface area (Å²) in [4.78, 5) is 24.1. The Hall–Kier alpha value is -1.06. The molecule has 15 heavy (non-hydrogen) atoms. The van der Waals surface area contributed by atoms with Gasteiger partial charge in [0.2, 0.25) is 5.91 Å². The van der Waals surface area contributed by atoms with Crippen LogP contribution in [0.4, 0.5) is 0 Å². The average Bonchev–Trinajstić information content (AvgIpc) is 2.83. The molecule has 1 saturated heterocycles. The third-order valence-corrected chi connectivity index (χ3v) is 3.69. The van der Waals surface area contributed by atoms with Crippen LogP contribution in [0.1, 0.15) is 39.0 Å². The van der Waals surface area contributed by atoms with Crippen LogP contribution in [-0.2, 0) is 9.59 Å². The van der Waals surface area contributed by atoms with Crippen molar-refractivity contribution < 1.29 is 14.7 Å². The fourth-order valence-electron chi connectivity index (χ4n) is 2.43. The van der Waals surface area contributed by atoms with Gasteiger partial charge in [-0.2, -0.15) is 0 Å². The van der Waals surface area contributed by atoms with Crippen LogP contribution in [0.3, 0.4) is 0 Å². The highest BCUT2D eigenvalue weighted by Crippen LogP contribution is 2.54. The number of nitrogens with zero attached hydrogens (tertiary/aromatic N) is 1. The molecule has 2 rings (SSSR count). The summed E-state index contributed by atoms with van der Waals surface area (Å²) < 4.78 is 0. The second kappa shape index (κ2) is 3.51. The van der Waals surface area contributed by atoms with Crippen LogP contribution < -0.4 is 0 Å². The second-order valence-corrected chi connectivity index (χ2v) is 4.96. The van der Waals surface area contributed by atoms with Gasteiger partial charge in [-0.3, -0.25) is 9.59 Å². The van der Waals surface area contributed by atoms with Crippen LogP contribution in [0.25, 0.3) is 0 Å². The Morgan fingerprint density at radius 3 is 2.67 bits per heavy atom. The lowest BCUT2D eigenvalue weighted by molar-refractivity contribution is -0.142. The molecule has 1 spiro atoms. The Labute approximate surface area is 89.3 Å². The van der Waals surface area contributed by atoms with Gasteiger partial charge in [-0.15, -0.1) is 0 Å². The van der Waals surface area contributed by atoms with E-state index in [9.17, 15) is 9.59 Å². The Bertz CT molecular complexity index is 296. The van der Waals surface area contributed by atoms with Gasteiger partial charge in [0, 0.05) is 19.0 Å². The van der Waals surface area contributed by atoms with Gasteiger partial charge in [0.15, 0.2) is 0 Å². The minimum Gasteiger partial charge on any atom is -0.481 e. The molecule has 2 aliphatic rings. The third-order valence-electron chi connectivity index (χ3n) is 3.69. The average molecular weight is 211 g/mol. The van der Waals surface area contributed by atoms with E-state index in [2.05, 4.69) is 0 Å². The minimum atomic E-state index is -0.831. The molecule has 1 atom stereocenters. The molecule has 1 amide bonds. The molecule has 84 valence electrons. The summed E-state index contributed by atoms with van der Waals surface area (Å²) in [5, 5.41) is 8.68. The number of amides is 1. The minimum absolute atomic E-state index is 0.0543. The Balaban J connectivity index is 1.93. The number of aliphatic carboxylic acids is 1. The van der Waals surface area contributed by atoms with E-state index in [1.165, 1.54) is 12.8 Å². The number of hydrogen-bond donors (Lipinski definition) is 1. The maximum atomic E-state index is 11.8. The van der Waals surface area contributed by atoms with Crippen LogP contribution in [0, 0.1) is 5.41 Å². The molecule has 0 aromatic carbocycles. The van der Waals surface area contributed by atoms with E-state index in [1.54, 1.807) is 4.90 Å². The van der Waals surface area contributed by atoms with Crippen molar-refractivity contribution in [3.8, 4) is 0 Å². The molecular weight excluding hydrogens is 194 g/mol. The number of carboxylic acid groups (broad SMARTS) is 1. The van der Waals surface area contributed by atoms with Gasteiger partial charge >= 0.3 is 5.97 Å². The first kappa shape index (κ1) is 10.5. The first-order valence-electron chi connectivity index (χ1n) is 5.54. The molecule has 0 radical (unpaired) electrons. The predicted molar refractivity (Wildman–Crippen MR) is 54.3 cm³/mol. The molecule has 1 aliphatic heterocycles. The highest BCUT2D eigenvalue weighted by Gasteiger charge is 2.48. The van der Waals surface area contributed by atoms with Gasteiger partial charge in [-0.05, 0) is 31.6 Å². The van der Waals surface area contributed by atoms with Crippen LogP contribution in [0.15, 0.2) is 0 Å². The van der Waals surface area contributed by atoms with Crippen LogP contribution >= 0.6 is 0 Å². The first-order valence-corrected chi connectivity index (χ1v) is 5.54. The van der Waals surface area contributed by atoms with Crippen molar-refractivity contribution >= 4 is 11.9 Å². The van der Waals surface area contributed by atoms with Gasteiger partial charge in [0.05, 0.1) is 6.42 Å². The zero-order valence-electron chi connectivity index (χ0n) is 9.03. The topological polar surface area (TPSA) is 57.6 Å². The molecule has 1 unspecified atom stereocenters. The van der Waals surface area contributed by atoms with Gasteiger partial charge in [-0.25, -0.2) is 0 Å². The summed E-state index contributed by atoms with van der Waals surface area (Å²) in [5.74, 6) is -0.686. The van der Waals surface area contributed by atoms with Crippen molar-refractivity contribution in [1.82, 2.24) is 4.90 Å². The fraction of sp³-hybridized carbons (Fsp3) is 0.818. The van der Waals surface area contributed by atoms with E-state index in [-0.39, 0.29) is 18.4 Å². The zero-order valence-corrected chi connectivity index (χ0v) is 9.03. The fourth-order valence-corrected chi connectivity index (χ4v) is 2.43. The summed E-state index contributed by atoms with van der Waals surface area (Å²) in [6.07, 6.45) is 4.11. The summed E-state index contributed by atoms with van der Waals surface area (Å²) in [6.45, 7) is 2.56. The standard InChI is InChI=1S/C11H17NO3/c1-8(6-10(14)15)12-5-4-11(2-3-11)7-9(12)13/h8H,2-7H2,1H3,(H,14,15). The number of carbonyl (C=O) groups excluding carboxylic acids is 1. The highest BCUT2D eigenvalue weighted by atomic mass is 16.4. The highest BCUT2D eigenvalue weighted by molar-refractivity contribution is 5.79. The van der Waals surface area contributed by atoms with Crippen molar-refractivity contribution in [1.29, 1.82) is 0 Å². The Kier molecular flexibility index (Phi) is 2.44. The molecule has 2 fully saturated rings. The lowest BCUT2D eigenvalue weighted by Crippen LogP contribution is -2.45. The summed E-state index contributed by atoms with van der Waals surface area (Å²) >= 11 is 0. The molecule has 4 heteroatoms. The monoisotopic (exact) mass is 211 g/mol. The second-order valence-electron chi connectivity index (χ2n) is 4.96. The maximum absolute atomic E-state index is 11.8. The van der Waals surface area contributed by atoms with E-state index in [4.69, 9.17) is 5.11 Å². The van der Waals surface area contributed by atoms with Crippen LogP contribution in [0.5, 0.6) is 0 Å². The SMILES string of the molecule is CC(CC(=O)O)N1CCC2(CC2)CC1=O. The van der Waals surface area contributed by atoms with E-state index in [0.717, 1.165) is 13.0 Å². The Morgan fingerprint density at radius 1 is 1.53 bits per heavy atom. The number of carboxylic acids is 1. The summed E-state index contributed by atoms with van der Waals surface area (Å²) in [6, 6.07) is -0.161. The molecule has 1 N–H and O–H groups in total. The predicted octanol–water partition coefficient (Wildman–Crippen LogP) is 1.25. The largest absolute Gasteiger partial charge is 0.481 e. The molecule has 0 bridgehead atoms. The van der Waals surface area contributed by atoms with Gasteiger partial charge in [0.25, 0.3) is 0 Å². The van der Waals surface area contributed by atoms with E-state index in [0.29, 0.717) is 11.8 Å². The first-order chi connectivity index (χ1) is 7.02. The number of hydrogen-bond acceptors (Lipinski definition) is 2. The number of likely N-dealkylation sites (tertiary alicyclic amines) is 1. The molecular formula is C11H17NO3. The van der Waals surface area contributed by atoms with Crippen molar-refractivity contribution in [3.05, 3.63) is 0 Å². The number of piperidine rings is 1. The smallest absolute Gasteiger partial charge is 0.305 e. The molecule has 1 saturated carbocycles. The molecule has 1 heterocycles.